The highest BCUT2D eigenvalue weighted by atomic mass is 127. The molecule has 0 aliphatic carbocycles. The molecule has 15 heavy (non-hydrogen) atoms. The van der Waals surface area contributed by atoms with E-state index < -0.39 is 0 Å². The van der Waals surface area contributed by atoms with Gasteiger partial charge in [-0.2, -0.15) is 0 Å². The lowest BCUT2D eigenvalue weighted by atomic mass is 10.4. The zero-order valence-corrected chi connectivity index (χ0v) is 10.1. The van der Waals surface area contributed by atoms with E-state index in [-0.39, 0.29) is 0 Å². The Kier molecular flexibility index (Phi) is 3.05. The number of aromatic nitrogens is 4. The minimum absolute atomic E-state index is 0.577. The van der Waals surface area contributed by atoms with E-state index in [1.165, 1.54) is 0 Å². The second-order valence-corrected chi connectivity index (χ2v) is 3.89. The zero-order valence-electron chi connectivity index (χ0n) is 7.98. The molecule has 76 valence electrons. The van der Waals surface area contributed by atoms with E-state index in [1.54, 1.807) is 24.8 Å². The highest BCUT2D eigenvalue weighted by Gasteiger charge is 2.06. The summed E-state index contributed by atoms with van der Waals surface area (Å²) < 4.78 is 0.975. The Bertz CT molecular complexity index is 459. The summed E-state index contributed by atoms with van der Waals surface area (Å²) in [6, 6.07) is 0. The largest absolute Gasteiger partial charge is 0.372 e. The van der Waals surface area contributed by atoms with Crippen molar-refractivity contribution in [2.75, 3.05) is 12.4 Å². The maximum absolute atomic E-state index is 4.33. The molecule has 0 aromatic carbocycles. The molecular weight excluding hydrogens is 305 g/mol. The van der Waals surface area contributed by atoms with Crippen LogP contribution in [0.15, 0.2) is 24.8 Å². The molecule has 2 rings (SSSR count). The summed E-state index contributed by atoms with van der Waals surface area (Å²) in [5.74, 6) is 1.37. The van der Waals surface area contributed by atoms with Crippen molar-refractivity contribution < 1.29 is 0 Å². The lowest BCUT2D eigenvalue weighted by Gasteiger charge is -2.04. The molecule has 2 heterocycles. The molecule has 0 atom stereocenters. The summed E-state index contributed by atoms with van der Waals surface area (Å²) in [4.78, 5) is 16.6. The summed E-state index contributed by atoms with van der Waals surface area (Å²) in [7, 11) is 1.82. The van der Waals surface area contributed by atoms with E-state index in [1.807, 2.05) is 7.05 Å². The molecule has 0 bridgehead atoms. The summed E-state index contributed by atoms with van der Waals surface area (Å²) in [6.07, 6.45) is 6.63. The van der Waals surface area contributed by atoms with E-state index in [4.69, 9.17) is 0 Å². The number of hydrogen-bond donors (Lipinski definition) is 1. The van der Waals surface area contributed by atoms with Crippen molar-refractivity contribution in [3.05, 3.63) is 28.4 Å². The van der Waals surface area contributed by atoms with Gasteiger partial charge >= 0.3 is 0 Å². The molecule has 1 N–H and O–H groups in total. The quantitative estimate of drug-likeness (QED) is 0.853. The number of nitrogens with zero attached hydrogens (tertiary/aromatic N) is 4. The van der Waals surface area contributed by atoms with Crippen molar-refractivity contribution in [1.82, 2.24) is 19.9 Å². The van der Waals surface area contributed by atoms with Gasteiger partial charge in [0.05, 0.1) is 9.77 Å². The number of rotatable bonds is 2. The number of anilines is 1. The molecule has 0 spiro atoms. The Hall–Kier alpha value is -1.31. The Morgan fingerprint density at radius 3 is 2.73 bits per heavy atom. The van der Waals surface area contributed by atoms with Gasteiger partial charge in [-0.05, 0) is 22.6 Å². The van der Waals surface area contributed by atoms with Crippen LogP contribution in [0.1, 0.15) is 0 Å². The minimum Gasteiger partial charge on any atom is -0.372 e. The third-order valence-corrected chi connectivity index (χ3v) is 2.56. The first-order chi connectivity index (χ1) is 7.31. The van der Waals surface area contributed by atoms with Crippen LogP contribution in [-0.4, -0.2) is 27.0 Å². The Morgan fingerprint density at radius 1 is 1.20 bits per heavy atom. The fourth-order valence-corrected chi connectivity index (χ4v) is 1.61. The maximum atomic E-state index is 4.33. The van der Waals surface area contributed by atoms with E-state index in [0.717, 1.165) is 9.39 Å². The van der Waals surface area contributed by atoms with Crippen molar-refractivity contribution in [3.8, 4) is 11.5 Å². The van der Waals surface area contributed by atoms with Crippen LogP contribution in [0, 0.1) is 3.57 Å². The molecule has 6 heteroatoms. The number of halogens is 1. The van der Waals surface area contributed by atoms with Crippen molar-refractivity contribution in [2.24, 2.45) is 0 Å². The molecule has 0 saturated heterocycles. The van der Waals surface area contributed by atoms with Crippen LogP contribution in [0.5, 0.6) is 0 Å². The standard InChI is InChI=1S/C9H8IN5/c1-11-8-6(10)4-14-9(15-8)7-5-12-2-3-13-7/h2-5H,1H3,(H,11,14,15). The molecule has 0 saturated carbocycles. The van der Waals surface area contributed by atoms with Gasteiger partial charge in [0.1, 0.15) is 11.5 Å². The first-order valence-electron chi connectivity index (χ1n) is 4.28. The highest BCUT2D eigenvalue weighted by molar-refractivity contribution is 14.1. The normalized spacial score (nSPS) is 10.0. The molecule has 2 aromatic heterocycles. The summed E-state index contributed by atoms with van der Waals surface area (Å²) >= 11 is 2.17. The molecule has 0 aliphatic rings. The van der Waals surface area contributed by atoms with E-state index in [0.29, 0.717) is 11.5 Å². The van der Waals surface area contributed by atoms with E-state index >= 15 is 0 Å². The molecule has 0 fully saturated rings. The average Bonchev–Trinajstić information content (AvgIpc) is 2.31. The molecule has 0 unspecified atom stereocenters. The smallest absolute Gasteiger partial charge is 0.181 e. The predicted molar refractivity (Wildman–Crippen MR) is 65.3 cm³/mol. The van der Waals surface area contributed by atoms with Crippen LogP contribution < -0.4 is 5.32 Å². The third kappa shape index (κ3) is 2.20. The van der Waals surface area contributed by atoms with Gasteiger partial charge < -0.3 is 5.32 Å². The number of hydrogen-bond acceptors (Lipinski definition) is 5. The fraction of sp³-hybridized carbons (Fsp3) is 0.111. The van der Waals surface area contributed by atoms with Crippen molar-refractivity contribution in [2.45, 2.75) is 0 Å². The van der Waals surface area contributed by atoms with Gasteiger partial charge in [0.2, 0.25) is 0 Å². The monoisotopic (exact) mass is 313 g/mol. The van der Waals surface area contributed by atoms with Gasteiger partial charge in [-0.3, -0.25) is 4.98 Å². The Labute approximate surface area is 101 Å². The molecule has 2 aromatic rings. The molecule has 0 radical (unpaired) electrons. The van der Waals surface area contributed by atoms with E-state index in [2.05, 4.69) is 47.8 Å². The topological polar surface area (TPSA) is 63.6 Å². The van der Waals surface area contributed by atoms with Crippen LogP contribution in [-0.2, 0) is 0 Å². The van der Waals surface area contributed by atoms with Crippen LogP contribution >= 0.6 is 22.6 Å². The lowest BCUT2D eigenvalue weighted by Crippen LogP contribution is -2.00. The Morgan fingerprint density at radius 2 is 2.07 bits per heavy atom. The number of nitrogens with one attached hydrogen (secondary N) is 1. The van der Waals surface area contributed by atoms with Crippen molar-refractivity contribution >= 4 is 28.4 Å². The fourth-order valence-electron chi connectivity index (χ4n) is 1.08. The first kappa shape index (κ1) is 10.2. The molecule has 0 aliphatic heterocycles. The van der Waals surface area contributed by atoms with E-state index in [9.17, 15) is 0 Å². The van der Waals surface area contributed by atoms with Crippen LogP contribution in [0.4, 0.5) is 5.82 Å². The van der Waals surface area contributed by atoms with Gasteiger partial charge in [0.15, 0.2) is 5.82 Å². The van der Waals surface area contributed by atoms with Crippen molar-refractivity contribution in [3.63, 3.8) is 0 Å². The SMILES string of the molecule is CNc1nc(-c2cnccn2)ncc1I. The third-order valence-electron chi connectivity index (χ3n) is 1.77. The molecular formula is C9H8IN5. The molecule has 0 amide bonds. The molecule has 5 nitrogen and oxygen atoms in total. The zero-order chi connectivity index (χ0) is 10.7. The van der Waals surface area contributed by atoms with Crippen LogP contribution in [0.3, 0.4) is 0 Å². The average molecular weight is 313 g/mol. The van der Waals surface area contributed by atoms with Gasteiger partial charge in [-0.15, -0.1) is 0 Å². The summed E-state index contributed by atoms with van der Waals surface area (Å²) in [5.41, 5.74) is 0.672. The maximum Gasteiger partial charge on any atom is 0.181 e. The second-order valence-electron chi connectivity index (χ2n) is 2.73. The van der Waals surface area contributed by atoms with Gasteiger partial charge in [-0.1, -0.05) is 0 Å². The second kappa shape index (κ2) is 4.47. The van der Waals surface area contributed by atoms with Crippen molar-refractivity contribution in [1.29, 1.82) is 0 Å². The van der Waals surface area contributed by atoms with Gasteiger partial charge in [0, 0.05) is 25.6 Å². The minimum atomic E-state index is 0.577. The Balaban J connectivity index is 2.46. The highest BCUT2D eigenvalue weighted by Crippen LogP contribution is 2.17. The summed E-state index contributed by atoms with van der Waals surface area (Å²) in [6.45, 7) is 0. The predicted octanol–water partition coefficient (Wildman–Crippen LogP) is 1.58. The van der Waals surface area contributed by atoms with Gasteiger partial charge in [-0.25, -0.2) is 15.0 Å². The van der Waals surface area contributed by atoms with Gasteiger partial charge in [0.25, 0.3) is 0 Å². The first-order valence-corrected chi connectivity index (χ1v) is 5.36. The lowest BCUT2D eigenvalue weighted by molar-refractivity contribution is 1.10. The van der Waals surface area contributed by atoms with Crippen LogP contribution in [0.25, 0.3) is 11.5 Å². The van der Waals surface area contributed by atoms with Crippen LogP contribution in [0.2, 0.25) is 0 Å². The summed E-state index contributed by atoms with van der Waals surface area (Å²) in [5, 5.41) is 3.00.